The number of fused-ring (bicyclic) bond motifs is 1. The van der Waals surface area contributed by atoms with Crippen LogP contribution in [0.2, 0.25) is 0 Å². The van der Waals surface area contributed by atoms with Crippen LogP contribution < -0.4 is 5.32 Å². The van der Waals surface area contributed by atoms with Crippen molar-refractivity contribution in [2.45, 2.75) is 12.5 Å². The maximum atomic E-state index is 12.8. The molecule has 0 aliphatic carbocycles. The first-order chi connectivity index (χ1) is 15.6. The first-order valence-electron chi connectivity index (χ1n) is 10.7. The number of carbonyl (C=O) groups excluding carboxylic acids is 1. The largest absolute Gasteiger partial charge is 0.337 e. The van der Waals surface area contributed by atoms with E-state index in [1.165, 1.54) is 0 Å². The molecule has 1 aromatic carbocycles. The lowest BCUT2D eigenvalue weighted by Gasteiger charge is -2.20. The number of anilines is 2. The van der Waals surface area contributed by atoms with Crippen molar-refractivity contribution in [1.29, 1.82) is 0 Å². The standard InChI is InChI=1S/C24H25N7O/c1-29(2)19-11-14-30(16-19)23(32)17-6-8-18(9-7-17)27-24-25-12-10-20(28-24)21-15-26-22-5-3-4-13-31(21)22/h3-10,12-13,15,19H,11,14,16H2,1-2H3,(H,25,27,28)/t19-/m1/s1. The van der Waals surface area contributed by atoms with E-state index in [-0.39, 0.29) is 5.91 Å². The van der Waals surface area contributed by atoms with E-state index in [1.54, 1.807) is 12.4 Å². The van der Waals surface area contributed by atoms with E-state index in [2.05, 4.69) is 39.3 Å². The zero-order valence-electron chi connectivity index (χ0n) is 18.1. The lowest BCUT2D eigenvalue weighted by atomic mass is 10.2. The number of benzene rings is 1. The number of rotatable bonds is 5. The molecule has 32 heavy (non-hydrogen) atoms. The van der Waals surface area contributed by atoms with Crippen LogP contribution in [0.15, 0.2) is 67.1 Å². The Labute approximate surface area is 186 Å². The van der Waals surface area contributed by atoms with Crippen molar-refractivity contribution in [1.82, 2.24) is 29.2 Å². The monoisotopic (exact) mass is 427 g/mol. The topological polar surface area (TPSA) is 78.7 Å². The molecule has 1 saturated heterocycles. The van der Waals surface area contributed by atoms with E-state index >= 15 is 0 Å². The summed E-state index contributed by atoms with van der Waals surface area (Å²) in [5.41, 5.74) is 4.05. The number of hydrogen-bond donors (Lipinski definition) is 1. The maximum Gasteiger partial charge on any atom is 0.253 e. The normalized spacial score (nSPS) is 16.1. The summed E-state index contributed by atoms with van der Waals surface area (Å²) in [6.45, 7) is 1.57. The van der Waals surface area contributed by atoms with Crippen LogP contribution in [0.4, 0.5) is 11.6 Å². The average Bonchev–Trinajstić information content (AvgIpc) is 3.47. The average molecular weight is 428 g/mol. The Morgan fingerprint density at radius 3 is 2.72 bits per heavy atom. The zero-order chi connectivity index (χ0) is 22.1. The molecule has 162 valence electrons. The molecule has 0 saturated carbocycles. The minimum atomic E-state index is 0.0757. The van der Waals surface area contributed by atoms with E-state index in [0.29, 0.717) is 17.6 Å². The molecule has 0 unspecified atom stereocenters. The maximum absolute atomic E-state index is 12.8. The van der Waals surface area contributed by atoms with Gasteiger partial charge in [0.05, 0.1) is 17.6 Å². The van der Waals surface area contributed by atoms with Crippen molar-refractivity contribution in [3.63, 3.8) is 0 Å². The van der Waals surface area contributed by atoms with Crippen molar-refractivity contribution in [2.75, 3.05) is 32.5 Å². The van der Waals surface area contributed by atoms with Crippen LogP contribution in [-0.4, -0.2) is 68.3 Å². The van der Waals surface area contributed by atoms with Crippen molar-refractivity contribution >= 4 is 23.2 Å². The Morgan fingerprint density at radius 1 is 1.09 bits per heavy atom. The summed E-state index contributed by atoms with van der Waals surface area (Å²) in [6, 6.07) is 15.6. The van der Waals surface area contributed by atoms with Crippen LogP contribution in [0, 0.1) is 0 Å². The predicted molar refractivity (Wildman–Crippen MR) is 124 cm³/mol. The number of nitrogens with zero attached hydrogens (tertiary/aromatic N) is 6. The molecule has 4 aromatic rings. The molecule has 0 bridgehead atoms. The molecule has 1 atom stereocenters. The second-order valence-corrected chi connectivity index (χ2v) is 8.20. The third-order valence-electron chi connectivity index (χ3n) is 5.90. The van der Waals surface area contributed by atoms with Gasteiger partial charge in [0.25, 0.3) is 5.91 Å². The first kappa shape index (κ1) is 20.1. The van der Waals surface area contributed by atoms with E-state index in [9.17, 15) is 4.79 Å². The SMILES string of the molecule is CN(C)[C@@H]1CCN(C(=O)c2ccc(Nc3nccc(-c4cnc5ccccn45)n3)cc2)C1. The minimum absolute atomic E-state index is 0.0757. The smallest absolute Gasteiger partial charge is 0.253 e. The fraction of sp³-hybridized carbons (Fsp3) is 0.250. The molecule has 1 fully saturated rings. The van der Waals surface area contributed by atoms with Gasteiger partial charge < -0.3 is 15.1 Å². The van der Waals surface area contributed by atoms with Gasteiger partial charge in [-0.3, -0.25) is 9.20 Å². The van der Waals surface area contributed by atoms with E-state index in [0.717, 1.165) is 42.2 Å². The number of imidazole rings is 1. The Morgan fingerprint density at radius 2 is 1.94 bits per heavy atom. The molecular formula is C24H25N7O. The van der Waals surface area contributed by atoms with E-state index < -0.39 is 0 Å². The number of aromatic nitrogens is 4. The first-order valence-corrected chi connectivity index (χ1v) is 10.7. The number of pyridine rings is 1. The van der Waals surface area contributed by atoms with Gasteiger partial charge in [-0.2, -0.15) is 0 Å². The summed E-state index contributed by atoms with van der Waals surface area (Å²) in [5.74, 6) is 0.563. The molecular weight excluding hydrogens is 402 g/mol. The van der Waals surface area contributed by atoms with Crippen LogP contribution >= 0.6 is 0 Å². The van der Waals surface area contributed by atoms with E-state index in [4.69, 9.17) is 0 Å². The lowest BCUT2D eigenvalue weighted by molar-refractivity contribution is 0.0783. The number of likely N-dealkylation sites (N-methyl/N-ethyl adjacent to an activating group) is 1. The van der Waals surface area contributed by atoms with Gasteiger partial charge in [0, 0.05) is 42.8 Å². The van der Waals surface area contributed by atoms with Gasteiger partial charge in [0.1, 0.15) is 5.65 Å². The third-order valence-corrected chi connectivity index (χ3v) is 5.90. The second kappa shape index (κ2) is 8.39. The van der Waals surface area contributed by atoms with Gasteiger partial charge >= 0.3 is 0 Å². The number of carbonyl (C=O) groups is 1. The number of likely N-dealkylation sites (tertiary alicyclic amines) is 1. The second-order valence-electron chi connectivity index (χ2n) is 8.20. The van der Waals surface area contributed by atoms with Crippen LogP contribution in [0.5, 0.6) is 0 Å². The molecule has 1 amide bonds. The van der Waals surface area contributed by atoms with E-state index in [1.807, 2.05) is 64.0 Å². The summed E-state index contributed by atoms with van der Waals surface area (Å²) in [6.07, 6.45) is 6.50. The van der Waals surface area contributed by atoms with Crippen molar-refractivity contribution in [3.8, 4) is 11.4 Å². The van der Waals surface area contributed by atoms with Gasteiger partial charge in [-0.05, 0) is 63.0 Å². The fourth-order valence-electron chi connectivity index (χ4n) is 4.04. The lowest BCUT2D eigenvalue weighted by Crippen LogP contribution is -2.34. The van der Waals surface area contributed by atoms with Crippen molar-refractivity contribution < 1.29 is 4.79 Å². The molecule has 1 aliphatic heterocycles. The minimum Gasteiger partial charge on any atom is -0.337 e. The Hall–Kier alpha value is -3.78. The summed E-state index contributed by atoms with van der Waals surface area (Å²) in [5, 5.41) is 3.23. The van der Waals surface area contributed by atoms with Gasteiger partial charge in [-0.1, -0.05) is 6.07 Å². The summed E-state index contributed by atoms with van der Waals surface area (Å²) in [7, 11) is 4.12. The quantitative estimate of drug-likeness (QED) is 0.527. The highest BCUT2D eigenvalue weighted by molar-refractivity contribution is 5.94. The van der Waals surface area contributed by atoms with Gasteiger partial charge in [0.2, 0.25) is 5.95 Å². The molecule has 8 heteroatoms. The molecule has 1 aliphatic rings. The van der Waals surface area contributed by atoms with Gasteiger partial charge in [0.15, 0.2) is 0 Å². The Kier molecular flexibility index (Phi) is 5.28. The summed E-state index contributed by atoms with van der Waals surface area (Å²) >= 11 is 0. The Bertz CT molecular complexity index is 1250. The molecule has 4 heterocycles. The zero-order valence-corrected chi connectivity index (χ0v) is 18.1. The van der Waals surface area contributed by atoms with Crippen LogP contribution in [-0.2, 0) is 0 Å². The fourth-order valence-corrected chi connectivity index (χ4v) is 4.04. The molecule has 8 nitrogen and oxygen atoms in total. The van der Waals surface area contributed by atoms with Crippen molar-refractivity contribution in [3.05, 3.63) is 72.7 Å². The van der Waals surface area contributed by atoms with Crippen LogP contribution in [0.3, 0.4) is 0 Å². The Balaban J connectivity index is 1.30. The van der Waals surface area contributed by atoms with Gasteiger partial charge in [-0.15, -0.1) is 0 Å². The van der Waals surface area contributed by atoms with Crippen LogP contribution in [0.1, 0.15) is 16.8 Å². The summed E-state index contributed by atoms with van der Waals surface area (Å²) in [4.78, 5) is 30.3. The predicted octanol–water partition coefficient (Wildman–Crippen LogP) is 3.31. The number of amides is 1. The van der Waals surface area contributed by atoms with Crippen molar-refractivity contribution in [2.24, 2.45) is 0 Å². The number of nitrogens with one attached hydrogen (secondary N) is 1. The third kappa shape index (κ3) is 3.92. The highest BCUT2D eigenvalue weighted by atomic mass is 16.2. The molecule has 3 aromatic heterocycles. The summed E-state index contributed by atoms with van der Waals surface area (Å²) < 4.78 is 1.99. The molecule has 1 N–H and O–H groups in total. The van der Waals surface area contributed by atoms with Crippen LogP contribution in [0.25, 0.3) is 17.0 Å². The highest BCUT2D eigenvalue weighted by Gasteiger charge is 2.27. The molecule has 5 rings (SSSR count). The highest BCUT2D eigenvalue weighted by Crippen LogP contribution is 2.22. The van der Waals surface area contributed by atoms with Gasteiger partial charge in [-0.25, -0.2) is 15.0 Å². The molecule has 0 radical (unpaired) electrons. The number of hydrogen-bond acceptors (Lipinski definition) is 6. The molecule has 0 spiro atoms.